The monoisotopic (exact) mass is 505 g/mol. The van der Waals surface area contributed by atoms with Crippen LogP contribution in [0.5, 0.6) is 0 Å². The summed E-state index contributed by atoms with van der Waals surface area (Å²) in [6, 6.07) is 1.68. The molecule has 0 radical (unpaired) electrons. The molecule has 0 atom stereocenters. The van der Waals surface area contributed by atoms with Gasteiger partial charge in [-0.15, -0.1) is 0 Å². The van der Waals surface area contributed by atoms with E-state index < -0.39 is 0 Å². The number of anilines is 1. The summed E-state index contributed by atoms with van der Waals surface area (Å²) in [7, 11) is 3.28. The molecule has 1 rings (SSSR count). The smallest absolute Gasteiger partial charge is 0.225 e. The summed E-state index contributed by atoms with van der Waals surface area (Å²) in [5.74, 6) is 0.526. The second-order valence-corrected chi connectivity index (χ2v) is 7.15. The van der Waals surface area contributed by atoms with Crippen LogP contribution in [-0.4, -0.2) is 135 Å². The number of hydrogen-bond donors (Lipinski definition) is 1. The molecule has 12 heteroatoms. The highest BCUT2D eigenvalue weighted by Crippen LogP contribution is 2.07. The zero-order chi connectivity index (χ0) is 25.2. The minimum atomic E-state index is -0.143. The number of hydrogen-bond acceptors (Lipinski definition) is 12. The molecule has 1 N–H and O–H groups in total. The van der Waals surface area contributed by atoms with Gasteiger partial charge in [0, 0.05) is 33.5 Å². The van der Waals surface area contributed by atoms with Crippen LogP contribution in [0, 0.1) is 0 Å². The third-order valence-corrected chi connectivity index (χ3v) is 4.51. The van der Waals surface area contributed by atoms with Gasteiger partial charge in [-0.1, -0.05) is 0 Å². The van der Waals surface area contributed by atoms with Crippen LogP contribution in [0.15, 0.2) is 12.3 Å². The predicted octanol–water partition coefficient (Wildman–Crippen LogP) is 0.168. The quantitative estimate of drug-likeness (QED) is 0.173. The highest BCUT2D eigenvalue weighted by molar-refractivity contribution is 5.30. The largest absolute Gasteiger partial charge is 0.390 e. The molecule has 0 aromatic carbocycles. The fourth-order valence-electron chi connectivity index (χ4n) is 2.65. The first-order chi connectivity index (χ1) is 17.3. The molecule has 1 aromatic rings. The van der Waals surface area contributed by atoms with Gasteiger partial charge in [-0.3, -0.25) is 0 Å². The fraction of sp³-hybridized carbons (Fsp3) is 0.826. The van der Waals surface area contributed by atoms with E-state index in [-0.39, 0.29) is 6.61 Å². The summed E-state index contributed by atoms with van der Waals surface area (Å²) in [5, 5.41) is 9.38. The molecule has 0 aliphatic heterocycles. The number of nitrogens with zero attached hydrogens (tertiary/aromatic N) is 3. The van der Waals surface area contributed by atoms with Crippen molar-refractivity contribution >= 4 is 5.95 Å². The van der Waals surface area contributed by atoms with E-state index >= 15 is 0 Å². The van der Waals surface area contributed by atoms with Crippen LogP contribution in [0.2, 0.25) is 0 Å². The van der Waals surface area contributed by atoms with E-state index in [9.17, 15) is 5.11 Å². The zero-order valence-corrected chi connectivity index (χ0v) is 21.2. The zero-order valence-electron chi connectivity index (χ0n) is 21.2. The van der Waals surface area contributed by atoms with Gasteiger partial charge in [-0.05, 0) is 6.07 Å². The maximum atomic E-state index is 9.38. The summed E-state index contributed by atoms with van der Waals surface area (Å²) in [5.41, 5.74) is 0.559. The van der Waals surface area contributed by atoms with Crippen LogP contribution in [0.25, 0.3) is 0 Å². The SMILES string of the molecule is COCCOCCOCCOCCN(CCOCCOCCOCCOC)c1nccc(CO)n1. The Labute approximate surface area is 208 Å². The normalized spacial score (nSPS) is 11.3. The molecule has 1 heterocycles. The van der Waals surface area contributed by atoms with E-state index in [0.29, 0.717) is 117 Å². The number of aromatic nitrogens is 2. The summed E-state index contributed by atoms with van der Waals surface area (Å²) in [6.07, 6.45) is 1.63. The lowest BCUT2D eigenvalue weighted by Crippen LogP contribution is -2.33. The van der Waals surface area contributed by atoms with E-state index in [1.165, 1.54) is 0 Å². The van der Waals surface area contributed by atoms with Gasteiger partial charge in [0.15, 0.2) is 0 Å². The third-order valence-electron chi connectivity index (χ3n) is 4.51. The van der Waals surface area contributed by atoms with Gasteiger partial charge in [0.2, 0.25) is 5.95 Å². The molecule has 0 saturated heterocycles. The molecule has 0 unspecified atom stereocenters. The minimum Gasteiger partial charge on any atom is -0.390 e. The first-order valence-electron chi connectivity index (χ1n) is 11.9. The van der Waals surface area contributed by atoms with E-state index in [1.807, 2.05) is 4.90 Å². The van der Waals surface area contributed by atoms with E-state index in [2.05, 4.69) is 9.97 Å². The molecule has 12 nitrogen and oxygen atoms in total. The Balaban J connectivity index is 2.20. The van der Waals surface area contributed by atoms with Gasteiger partial charge in [-0.2, -0.15) is 0 Å². The standard InChI is InChI=1S/C23H43N3O9/c1-28-9-11-32-17-19-34-15-13-30-7-5-26(23-24-4-3-22(21-27)25-23)6-8-31-14-16-35-20-18-33-12-10-29-2/h3-4,27H,5-21H2,1-2H3. The molecule has 0 spiro atoms. The molecule has 0 bridgehead atoms. The molecule has 35 heavy (non-hydrogen) atoms. The summed E-state index contributed by atoms with van der Waals surface area (Å²) in [6.45, 7) is 8.28. The van der Waals surface area contributed by atoms with Crippen LogP contribution in [0.4, 0.5) is 5.95 Å². The molecule has 0 saturated carbocycles. The van der Waals surface area contributed by atoms with Crippen LogP contribution in [-0.2, 0) is 44.5 Å². The van der Waals surface area contributed by atoms with Crippen molar-refractivity contribution < 1.29 is 43.0 Å². The first kappa shape index (κ1) is 31.5. The Bertz CT molecular complexity index is 561. The lowest BCUT2D eigenvalue weighted by molar-refractivity contribution is 0.00297. The van der Waals surface area contributed by atoms with Gasteiger partial charge in [0.25, 0.3) is 0 Å². The Morgan fingerprint density at radius 2 is 1.03 bits per heavy atom. The number of ether oxygens (including phenoxy) is 8. The van der Waals surface area contributed by atoms with Crippen LogP contribution < -0.4 is 4.90 Å². The predicted molar refractivity (Wildman–Crippen MR) is 129 cm³/mol. The van der Waals surface area contributed by atoms with Crippen molar-refractivity contribution in [3.63, 3.8) is 0 Å². The average Bonchev–Trinajstić information content (AvgIpc) is 2.89. The fourth-order valence-corrected chi connectivity index (χ4v) is 2.65. The van der Waals surface area contributed by atoms with Crippen molar-refractivity contribution in [1.29, 1.82) is 0 Å². The number of aliphatic hydroxyl groups excluding tert-OH is 1. The van der Waals surface area contributed by atoms with Gasteiger partial charge in [0.05, 0.1) is 105 Å². The molecule has 0 aliphatic carbocycles. The van der Waals surface area contributed by atoms with Crippen LogP contribution in [0.3, 0.4) is 0 Å². The lowest BCUT2D eigenvalue weighted by atomic mass is 10.4. The highest BCUT2D eigenvalue weighted by atomic mass is 16.6. The highest BCUT2D eigenvalue weighted by Gasteiger charge is 2.10. The van der Waals surface area contributed by atoms with E-state index in [0.717, 1.165) is 0 Å². The molecule has 0 amide bonds. The minimum absolute atomic E-state index is 0.143. The average molecular weight is 506 g/mol. The van der Waals surface area contributed by atoms with Gasteiger partial charge in [0.1, 0.15) is 0 Å². The second-order valence-electron chi connectivity index (χ2n) is 7.15. The summed E-state index contributed by atoms with van der Waals surface area (Å²) in [4.78, 5) is 10.7. The van der Waals surface area contributed by atoms with Gasteiger partial charge >= 0.3 is 0 Å². The van der Waals surface area contributed by atoms with Crippen molar-refractivity contribution in [2.75, 3.05) is 125 Å². The van der Waals surface area contributed by atoms with E-state index in [4.69, 9.17) is 37.9 Å². The van der Waals surface area contributed by atoms with Crippen molar-refractivity contribution in [2.45, 2.75) is 6.61 Å². The van der Waals surface area contributed by atoms with Crippen molar-refractivity contribution in [3.8, 4) is 0 Å². The second kappa shape index (κ2) is 24.2. The maximum absolute atomic E-state index is 9.38. The molecule has 0 fully saturated rings. The van der Waals surface area contributed by atoms with Gasteiger partial charge in [-0.25, -0.2) is 9.97 Å². The molecular formula is C23H43N3O9. The number of aliphatic hydroxyl groups is 1. The Morgan fingerprint density at radius 1 is 0.629 bits per heavy atom. The maximum Gasteiger partial charge on any atom is 0.225 e. The first-order valence-corrected chi connectivity index (χ1v) is 11.9. The Hall–Kier alpha value is -1.48. The number of methoxy groups -OCH3 is 2. The molecular weight excluding hydrogens is 462 g/mol. The van der Waals surface area contributed by atoms with Crippen LogP contribution in [0.1, 0.15) is 5.69 Å². The molecule has 204 valence electrons. The molecule has 0 aliphatic rings. The van der Waals surface area contributed by atoms with Crippen molar-refractivity contribution in [1.82, 2.24) is 9.97 Å². The third kappa shape index (κ3) is 18.4. The topological polar surface area (TPSA) is 123 Å². The lowest BCUT2D eigenvalue weighted by Gasteiger charge is -2.23. The molecule has 1 aromatic heterocycles. The van der Waals surface area contributed by atoms with E-state index in [1.54, 1.807) is 26.5 Å². The summed E-state index contributed by atoms with van der Waals surface area (Å²) < 4.78 is 42.8. The Kier molecular flexibility index (Phi) is 21.8. The Morgan fingerprint density at radius 3 is 1.43 bits per heavy atom. The summed E-state index contributed by atoms with van der Waals surface area (Å²) >= 11 is 0. The van der Waals surface area contributed by atoms with Crippen molar-refractivity contribution in [2.24, 2.45) is 0 Å². The van der Waals surface area contributed by atoms with Crippen LogP contribution >= 0.6 is 0 Å². The van der Waals surface area contributed by atoms with Crippen molar-refractivity contribution in [3.05, 3.63) is 18.0 Å². The number of rotatable bonds is 26. The van der Waals surface area contributed by atoms with Gasteiger partial charge < -0.3 is 47.9 Å².